The van der Waals surface area contributed by atoms with Crippen LogP contribution in [0, 0.1) is 0 Å². The van der Waals surface area contributed by atoms with Crippen LogP contribution in [0.5, 0.6) is 5.75 Å². The molecular weight excluding hydrogens is 349 g/mol. The van der Waals surface area contributed by atoms with Crippen LogP contribution in [0.3, 0.4) is 0 Å². The van der Waals surface area contributed by atoms with E-state index < -0.39 is 0 Å². The Balaban J connectivity index is 0.00000264. The number of hydrogen-bond donors (Lipinski definition) is 2. The number of halogens is 2. The molecular formula is C17H29Cl2N3O2. The number of rotatable bonds is 9. The summed E-state index contributed by atoms with van der Waals surface area (Å²) in [7, 11) is 0. The lowest BCUT2D eigenvalue weighted by Crippen LogP contribution is -2.27. The van der Waals surface area contributed by atoms with Crippen LogP contribution in [0.25, 0.3) is 0 Å². The summed E-state index contributed by atoms with van der Waals surface area (Å²) >= 11 is 0. The fourth-order valence-corrected chi connectivity index (χ4v) is 2.64. The second-order valence-electron chi connectivity index (χ2n) is 5.72. The molecule has 5 nitrogen and oxygen atoms in total. The molecule has 3 N–H and O–H groups in total. The van der Waals surface area contributed by atoms with E-state index >= 15 is 0 Å². The number of likely N-dealkylation sites (tertiary alicyclic amines) is 1. The maximum absolute atomic E-state index is 11.2. The van der Waals surface area contributed by atoms with Crippen LogP contribution in [0.4, 0.5) is 0 Å². The number of carbonyl (C=O) groups is 1. The third kappa shape index (κ3) is 8.73. The molecule has 0 atom stereocenters. The Morgan fingerprint density at radius 2 is 2.00 bits per heavy atom. The minimum Gasteiger partial charge on any atom is -0.494 e. The molecule has 1 amide bonds. The molecule has 0 aliphatic carbocycles. The Morgan fingerprint density at radius 3 is 2.71 bits per heavy atom. The Labute approximate surface area is 157 Å². The zero-order chi connectivity index (χ0) is 15.6. The highest BCUT2D eigenvalue weighted by molar-refractivity contribution is 5.85. The van der Waals surface area contributed by atoms with Crippen molar-refractivity contribution < 1.29 is 9.53 Å². The lowest BCUT2D eigenvalue weighted by atomic mass is 10.2. The van der Waals surface area contributed by atoms with Crippen LogP contribution < -0.4 is 15.8 Å². The van der Waals surface area contributed by atoms with Gasteiger partial charge in [-0.1, -0.05) is 12.1 Å². The molecule has 1 fully saturated rings. The number of amides is 1. The van der Waals surface area contributed by atoms with Crippen molar-refractivity contribution in [3.8, 4) is 5.75 Å². The maximum atomic E-state index is 11.2. The average molecular weight is 378 g/mol. The highest BCUT2D eigenvalue weighted by Gasteiger charge is 2.11. The van der Waals surface area contributed by atoms with Crippen molar-refractivity contribution in [3.05, 3.63) is 29.8 Å². The third-order valence-electron chi connectivity index (χ3n) is 3.79. The van der Waals surface area contributed by atoms with Crippen molar-refractivity contribution in [1.29, 1.82) is 0 Å². The first-order valence-corrected chi connectivity index (χ1v) is 8.19. The molecule has 0 unspecified atom stereocenters. The predicted octanol–water partition coefficient (Wildman–Crippen LogP) is 2.36. The molecule has 2 rings (SSSR count). The van der Waals surface area contributed by atoms with Crippen molar-refractivity contribution in [2.45, 2.75) is 32.2 Å². The SMILES string of the molecule is Cl.Cl.NCCC(=O)NCCCOc1cccc(CN2CCCC2)c1. The van der Waals surface area contributed by atoms with Crippen LogP contribution >= 0.6 is 24.8 Å². The molecule has 0 saturated carbocycles. The maximum Gasteiger partial charge on any atom is 0.221 e. The van der Waals surface area contributed by atoms with Gasteiger partial charge in [-0.05, 0) is 50.0 Å². The van der Waals surface area contributed by atoms with Gasteiger partial charge in [-0.3, -0.25) is 9.69 Å². The minimum absolute atomic E-state index is 0. The van der Waals surface area contributed by atoms with E-state index in [2.05, 4.69) is 22.3 Å². The molecule has 1 aliphatic heterocycles. The zero-order valence-corrected chi connectivity index (χ0v) is 15.7. The Kier molecular flexibility index (Phi) is 12.7. The van der Waals surface area contributed by atoms with Crippen molar-refractivity contribution in [2.24, 2.45) is 5.73 Å². The number of nitrogens with two attached hydrogens (primary N) is 1. The fourth-order valence-electron chi connectivity index (χ4n) is 2.64. The largest absolute Gasteiger partial charge is 0.494 e. The molecule has 1 saturated heterocycles. The van der Waals surface area contributed by atoms with Crippen LogP contribution in [0.1, 0.15) is 31.2 Å². The molecule has 7 heteroatoms. The van der Waals surface area contributed by atoms with Crippen molar-refractivity contribution >= 4 is 30.7 Å². The molecule has 24 heavy (non-hydrogen) atoms. The van der Waals surface area contributed by atoms with Gasteiger partial charge in [-0.25, -0.2) is 0 Å². The van der Waals surface area contributed by atoms with Crippen LogP contribution in [0.2, 0.25) is 0 Å². The van der Waals surface area contributed by atoms with E-state index in [4.69, 9.17) is 10.5 Å². The highest BCUT2D eigenvalue weighted by Crippen LogP contribution is 2.17. The first-order valence-electron chi connectivity index (χ1n) is 8.19. The molecule has 1 aromatic carbocycles. The number of benzene rings is 1. The number of nitrogens with one attached hydrogen (secondary N) is 1. The van der Waals surface area contributed by atoms with Crippen molar-refractivity contribution in [3.63, 3.8) is 0 Å². The van der Waals surface area contributed by atoms with Gasteiger partial charge in [-0.15, -0.1) is 24.8 Å². The van der Waals surface area contributed by atoms with Crippen molar-refractivity contribution in [2.75, 3.05) is 32.8 Å². The van der Waals surface area contributed by atoms with Crippen molar-refractivity contribution in [1.82, 2.24) is 10.2 Å². The van der Waals surface area contributed by atoms with Gasteiger partial charge in [0.15, 0.2) is 0 Å². The molecule has 1 heterocycles. The topological polar surface area (TPSA) is 67.6 Å². The Bertz CT molecular complexity index is 469. The number of carbonyl (C=O) groups excluding carboxylic acids is 1. The van der Waals surface area contributed by atoms with E-state index in [-0.39, 0.29) is 30.7 Å². The molecule has 0 radical (unpaired) electrons. The highest BCUT2D eigenvalue weighted by atomic mass is 35.5. The third-order valence-corrected chi connectivity index (χ3v) is 3.79. The molecule has 0 spiro atoms. The van der Waals surface area contributed by atoms with E-state index in [1.807, 2.05) is 12.1 Å². The van der Waals surface area contributed by atoms with Gasteiger partial charge in [-0.2, -0.15) is 0 Å². The molecule has 1 aromatic rings. The standard InChI is InChI=1S/C17H27N3O2.2ClH/c18-8-7-17(21)19-9-4-12-22-16-6-3-5-15(13-16)14-20-10-1-2-11-20;;/h3,5-6,13H,1-2,4,7-12,14,18H2,(H,19,21);2*1H. The second-order valence-corrected chi connectivity index (χ2v) is 5.72. The van der Waals surface area contributed by atoms with E-state index in [1.54, 1.807) is 0 Å². The summed E-state index contributed by atoms with van der Waals surface area (Å²) in [5.41, 5.74) is 6.62. The number of nitrogens with zero attached hydrogens (tertiary/aromatic N) is 1. The van der Waals surface area contributed by atoms with Crippen LogP contribution in [0.15, 0.2) is 24.3 Å². The van der Waals surface area contributed by atoms with E-state index in [1.165, 1.54) is 31.5 Å². The zero-order valence-electron chi connectivity index (χ0n) is 14.0. The summed E-state index contributed by atoms with van der Waals surface area (Å²) in [6.45, 7) is 5.04. The van der Waals surface area contributed by atoms with E-state index in [0.29, 0.717) is 26.1 Å². The monoisotopic (exact) mass is 377 g/mol. The Hall–Kier alpha value is -1.01. The first kappa shape index (κ1) is 23.0. The lowest BCUT2D eigenvalue weighted by Gasteiger charge is -2.15. The van der Waals surface area contributed by atoms with Gasteiger partial charge < -0.3 is 15.8 Å². The fraction of sp³-hybridized carbons (Fsp3) is 0.588. The molecule has 0 bridgehead atoms. The summed E-state index contributed by atoms with van der Waals surface area (Å²) in [6, 6.07) is 8.30. The molecule has 1 aliphatic rings. The lowest BCUT2D eigenvalue weighted by molar-refractivity contribution is -0.120. The second kappa shape index (κ2) is 13.3. The van der Waals surface area contributed by atoms with Gasteiger partial charge in [0.2, 0.25) is 5.91 Å². The van der Waals surface area contributed by atoms with Crippen LogP contribution in [-0.4, -0.2) is 43.6 Å². The summed E-state index contributed by atoms with van der Waals surface area (Å²) in [6.07, 6.45) is 3.81. The number of hydrogen-bond acceptors (Lipinski definition) is 4. The quantitative estimate of drug-likeness (QED) is 0.648. The summed E-state index contributed by atoms with van der Waals surface area (Å²) < 4.78 is 5.76. The van der Waals surface area contributed by atoms with Gasteiger partial charge in [0.25, 0.3) is 0 Å². The summed E-state index contributed by atoms with van der Waals surface area (Å²) in [5.74, 6) is 0.917. The molecule has 138 valence electrons. The predicted molar refractivity (Wildman–Crippen MR) is 102 cm³/mol. The van der Waals surface area contributed by atoms with Gasteiger partial charge in [0.05, 0.1) is 6.61 Å². The molecule has 0 aromatic heterocycles. The smallest absolute Gasteiger partial charge is 0.221 e. The first-order chi connectivity index (χ1) is 10.8. The van der Waals surface area contributed by atoms with Gasteiger partial charge >= 0.3 is 0 Å². The van der Waals surface area contributed by atoms with E-state index in [0.717, 1.165) is 18.7 Å². The minimum atomic E-state index is 0. The van der Waals surface area contributed by atoms with Gasteiger partial charge in [0, 0.05) is 26.1 Å². The Morgan fingerprint density at radius 1 is 1.25 bits per heavy atom. The van der Waals surface area contributed by atoms with E-state index in [9.17, 15) is 4.79 Å². The number of ether oxygens (including phenoxy) is 1. The van der Waals surface area contributed by atoms with Gasteiger partial charge in [0.1, 0.15) is 5.75 Å². The normalized spacial score (nSPS) is 13.7. The van der Waals surface area contributed by atoms with Crippen LogP contribution in [-0.2, 0) is 11.3 Å². The summed E-state index contributed by atoms with van der Waals surface area (Å²) in [4.78, 5) is 13.7. The average Bonchev–Trinajstić information content (AvgIpc) is 3.00. The summed E-state index contributed by atoms with van der Waals surface area (Å²) in [5, 5.41) is 2.82.